The fourth-order valence-electron chi connectivity index (χ4n) is 2.56. The molecular formula is C19H17FN4O. The van der Waals surface area contributed by atoms with E-state index in [1.165, 1.54) is 18.5 Å². The van der Waals surface area contributed by atoms with Gasteiger partial charge in [-0.1, -0.05) is 24.3 Å². The second kappa shape index (κ2) is 7.09. The molecule has 0 unspecified atom stereocenters. The summed E-state index contributed by atoms with van der Waals surface area (Å²) >= 11 is 0. The zero-order chi connectivity index (χ0) is 17.8. The molecule has 5 nitrogen and oxygen atoms in total. The van der Waals surface area contributed by atoms with Crippen molar-refractivity contribution in [2.75, 3.05) is 12.3 Å². The highest BCUT2D eigenvalue weighted by atomic mass is 19.1. The summed E-state index contributed by atoms with van der Waals surface area (Å²) in [5.74, 6) is -0.356. The van der Waals surface area contributed by atoms with Gasteiger partial charge < -0.3 is 11.1 Å². The molecule has 25 heavy (non-hydrogen) atoms. The van der Waals surface area contributed by atoms with Gasteiger partial charge in [0.2, 0.25) is 0 Å². The molecule has 2 aromatic carbocycles. The van der Waals surface area contributed by atoms with Gasteiger partial charge in [0.15, 0.2) is 0 Å². The van der Waals surface area contributed by atoms with Crippen LogP contribution in [0.15, 0.2) is 54.9 Å². The third-order valence-electron chi connectivity index (χ3n) is 3.74. The van der Waals surface area contributed by atoms with Crippen molar-refractivity contribution in [1.82, 2.24) is 15.3 Å². The van der Waals surface area contributed by atoms with Crippen molar-refractivity contribution in [3.8, 4) is 22.4 Å². The molecule has 0 atom stereocenters. The number of amides is 1. The number of carbonyl (C=O) groups excluding carboxylic acids is 1. The molecule has 0 aliphatic carbocycles. The van der Waals surface area contributed by atoms with E-state index in [0.717, 1.165) is 0 Å². The van der Waals surface area contributed by atoms with Crippen molar-refractivity contribution >= 4 is 11.7 Å². The molecule has 0 spiro atoms. The van der Waals surface area contributed by atoms with Gasteiger partial charge in [-0.2, -0.15) is 0 Å². The van der Waals surface area contributed by atoms with Crippen LogP contribution in [-0.2, 0) is 0 Å². The minimum Gasteiger partial charge on any atom is -0.382 e. The Balaban J connectivity index is 2.02. The number of halogens is 1. The third-order valence-corrected chi connectivity index (χ3v) is 3.74. The number of nitrogens with two attached hydrogens (primary N) is 1. The molecule has 6 heteroatoms. The van der Waals surface area contributed by atoms with E-state index in [9.17, 15) is 9.18 Å². The first-order valence-electron chi connectivity index (χ1n) is 7.85. The molecule has 1 heterocycles. The van der Waals surface area contributed by atoms with Crippen molar-refractivity contribution in [3.05, 3.63) is 66.2 Å². The maximum atomic E-state index is 14.6. The fourth-order valence-corrected chi connectivity index (χ4v) is 2.56. The zero-order valence-corrected chi connectivity index (χ0v) is 13.7. The predicted octanol–water partition coefficient (Wildman–Crippen LogP) is 3.28. The number of rotatable bonds is 4. The van der Waals surface area contributed by atoms with Gasteiger partial charge in [-0.25, -0.2) is 9.37 Å². The molecule has 0 fully saturated rings. The lowest BCUT2D eigenvalue weighted by atomic mass is 9.97. The number of nitrogens with zero attached hydrogens (tertiary/aromatic N) is 2. The summed E-state index contributed by atoms with van der Waals surface area (Å²) in [6.07, 6.45) is 2.81. The van der Waals surface area contributed by atoms with Crippen LogP contribution in [0.2, 0.25) is 0 Å². The van der Waals surface area contributed by atoms with Gasteiger partial charge in [-0.3, -0.25) is 9.78 Å². The maximum Gasteiger partial charge on any atom is 0.251 e. The van der Waals surface area contributed by atoms with Crippen LogP contribution < -0.4 is 11.1 Å². The van der Waals surface area contributed by atoms with Gasteiger partial charge in [-0.15, -0.1) is 0 Å². The highest BCUT2D eigenvalue weighted by Crippen LogP contribution is 2.29. The van der Waals surface area contributed by atoms with Crippen LogP contribution in [0.1, 0.15) is 17.3 Å². The Bertz CT molecular complexity index is 910. The van der Waals surface area contributed by atoms with Crippen LogP contribution in [0.25, 0.3) is 22.4 Å². The molecule has 0 aliphatic heterocycles. The topological polar surface area (TPSA) is 80.9 Å². The highest BCUT2D eigenvalue weighted by molar-refractivity contribution is 6.00. The molecule has 0 bridgehead atoms. The number of nitrogen functional groups attached to an aromatic ring is 1. The van der Waals surface area contributed by atoms with Crippen molar-refractivity contribution in [1.29, 1.82) is 0 Å². The average Bonchev–Trinajstić information content (AvgIpc) is 2.63. The molecule has 0 saturated heterocycles. The van der Waals surface area contributed by atoms with Crippen LogP contribution in [0, 0.1) is 5.82 Å². The summed E-state index contributed by atoms with van der Waals surface area (Å²) in [7, 11) is 0. The van der Waals surface area contributed by atoms with Gasteiger partial charge >= 0.3 is 0 Å². The predicted molar refractivity (Wildman–Crippen MR) is 95.3 cm³/mol. The quantitative estimate of drug-likeness (QED) is 0.766. The summed E-state index contributed by atoms with van der Waals surface area (Å²) in [6, 6.07) is 11.9. The van der Waals surface area contributed by atoms with E-state index in [2.05, 4.69) is 15.3 Å². The number of nitrogens with one attached hydrogen (secondary N) is 1. The lowest BCUT2D eigenvalue weighted by molar-refractivity contribution is 0.0956. The molecule has 0 saturated carbocycles. The second-order valence-corrected chi connectivity index (χ2v) is 5.43. The van der Waals surface area contributed by atoms with E-state index in [-0.39, 0.29) is 11.7 Å². The van der Waals surface area contributed by atoms with Gasteiger partial charge in [0.05, 0.1) is 18.1 Å². The van der Waals surface area contributed by atoms with Crippen molar-refractivity contribution in [2.24, 2.45) is 0 Å². The summed E-state index contributed by atoms with van der Waals surface area (Å²) < 4.78 is 14.6. The Kier molecular flexibility index (Phi) is 4.70. The Morgan fingerprint density at radius 2 is 1.92 bits per heavy atom. The Labute approximate surface area is 144 Å². The first-order valence-corrected chi connectivity index (χ1v) is 7.85. The van der Waals surface area contributed by atoms with E-state index in [1.807, 2.05) is 13.0 Å². The van der Waals surface area contributed by atoms with E-state index < -0.39 is 5.82 Å². The molecule has 1 aromatic heterocycles. The van der Waals surface area contributed by atoms with Crippen LogP contribution in [0.5, 0.6) is 0 Å². The molecule has 0 aliphatic rings. The van der Waals surface area contributed by atoms with E-state index in [1.54, 1.807) is 30.3 Å². The monoisotopic (exact) mass is 336 g/mol. The molecule has 3 N–H and O–H groups in total. The Morgan fingerprint density at radius 1 is 1.12 bits per heavy atom. The van der Waals surface area contributed by atoms with E-state index >= 15 is 0 Å². The SMILES string of the molecule is CCNC(=O)c1ccccc1-c1ccc(-c2cnc(N)cn2)c(F)c1. The number of hydrogen-bond acceptors (Lipinski definition) is 4. The summed E-state index contributed by atoms with van der Waals surface area (Å²) in [4.78, 5) is 20.2. The van der Waals surface area contributed by atoms with Crippen LogP contribution in [0.3, 0.4) is 0 Å². The smallest absolute Gasteiger partial charge is 0.251 e. The van der Waals surface area contributed by atoms with Crippen molar-refractivity contribution < 1.29 is 9.18 Å². The van der Waals surface area contributed by atoms with Gasteiger partial charge in [0.25, 0.3) is 5.91 Å². The number of hydrogen-bond donors (Lipinski definition) is 2. The van der Waals surface area contributed by atoms with Gasteiger partial charge in [0.1, 0.15) is 11.6 Å². The van der Waals surface area contributed by atoms with Crippen LogP contribution in [-0.4, -0.2) is 22.4 Å². The minimum atomic E-state index is -0.442. The first kappa shape index (κ1) is 16.6. The first-order chi connectivity index (χ1) is 12.1. The molecular weight excluding hydrogens is 319 g/mol. The lowest BCUT2D eigenvalue weighted by Gasteiger charge is -2.11. The number of aromatic nitrogens is 2. The summed E-state index contributed by atoms with van der Waals surface area (Å²) in [5, 5.41) is 2.77. The van der Waals surface area contributed by atoms with E-state index in [0.29, 0.717) is 34.5 Å². The van der Waals surface area contributed by atoms with Crippen LogP contribution in [0.4, 0.5) is 10.2 Å². The third kappa shape index (κ3) is 3.47. The van der Waals surface area contributed by atoms with Crippen LogP contribution >= 0.6 is 0 Å². The van der Waals surface area contributed by atoms with Gasteiger partial charge in [-0.05, 0) is 36.2 Å². The molecule has 3 rings (SSSR count). The minimum absolute atomic E-state index is 0.188. The zero-order valence-electron chi connectivity index (χ0n) is 13.7. The average molecular weight is 336 g/mol. The lowest BCUT2D eigenvalue weighted by Crippen LogP contribution is -2.23. The summed E-state index contributed by atoms with van der Waals surface area (Å²) in [6.45, 7) is 2.37. The van der Waals surface area contributed by atoms with Gasteiger partial charge in [0, 0.05) is 17.7 Å². The number of benzene rings is 2. The number of carbonyl (C=O) groups is 1. The van der Waals surface area contributed by atoms with Crippen molar-refractivity contribution in [2.45, 2.75) is 6.92 Å². The Morgan fingerprint density at radius 3 is 2.60 bits per heavy atom. The fraction of sp³-hybridized carbons (Fsp3) is 0.105. The largest absolute Gasteiger partial charge is 0.382 e. The van der Waals surface area contributed by atoms with E-state index in [4.69, 9.17) is 5.73 Å². The normalized spacial score (nSPS) is 10.5. The number of anilines is 1. The molecule has 0 radical (unpaired) electrons. The molecule has 126 valence electrons. The molecule has 1 amide bonds. The molecule has 3 aromatic rings. The second-order valence-electron chi connectivity index (χ2n) is 5.43. The Hall–Kier alpha value is -3.28. The summed E-state index contributed by atoms with van der Waals surface area (Å²) in [5.41, 5.74) is 8.02. The highest BCUT2D eigenvalue weighted by Gasteiger charge is 2.14. The standard InChI is InChI=1S/C19H17FN4O/c1-2-22-19(25)14-6-4-3-5-13(14)12-7-8-15(16(20)9-12)17-10-24-18(21)11-23-17/h3-11H,2H2,1H3,(H2,21,24)(H,22,25). The van der Waals surface area contributed by atoms with Crippen molar-refractivity contribution in [3.63, 3.8) is 0 Å². The maximum absolute atomic E-state index is 14.6.